The van der Waals surface area contributed by atoms with E-state index in [1.807, 2.05) is 24.3 Å². The number of hydrogen-bond acceptors (Lipinski definition) is 4. The van der Waals surface area contributed by atoms with Crippen molar-refractivity contribution < 1.29 is 14.3 Å². The second kappa shape index (κ2) is 7.90. The molecule has 1 saturated carbocycles. The zero-order valence-electron chi connectivity index (χ0n) is 16.7. The molecule has 0 spiro atoms. The lowest BCUT2D eigenvalue weighted by Gasteiger charge is -2.25. The number of aryl methyl sites for hydroxylation is 1. The van der Waals surface area contributed by atoms with Crippen LogP contribution in [-0.2, 0) is 22.4 Å². The van der Waals surface area contributed by atoms with Crippen molar-refractivity contribution in [2.75, 3.05) is 0 Å². The van der Waals surface area contributed by atoms with Gasteiger partial charge >= 0.3 is 5.97 Å². The topological polar surface area (TPSA) is 68.3 Å². The number of rotatable bonds is 4. The minimum Gasteiger partial charge on any atom is -0.449 e. The van der Waals surface area contributed by atoms with Crippen LogP contribution in [-0.4, -0.2) is 29.0 Å². The van der Waals surface area contributed by atoms with Crippen molar-refractivity contribution in [1.29, 1.82) is 0 Å². The number of amides is 1. The van der Waals surface area contributed by atoms with Crippen molar-refractivity contribution in [2.45, 2.75) is 70.9 Å². The number of para-hydroxylation sites is 1. The molecule has 2 atom stereocenters. The monoisotopic (exact) mass is 380 g/mol. The molecule has 4 rings (SSSR count). The largest absolute Gasteiger partial charge is 0.449 e. The van der Waals surface area contributed by atoms with E-state index in [0.29, 0.717) is 11.5 Å². The van der Waals surface area contributed by atoms with E-state index in [1.165, 1.54) is 0 Å². The molecule has 148 valence electrons. The van der Waals surface area contributed by atoms with Crippen LogP contribution in [0.15, 0.2) is 24.3 Å². The van der Waals surface area contributed by atoms with Crippen LogP contribution in [0.5, 0.6) is 0 Å². The second-order valence-electron chi connectivity index (χ2n) is 8.31. The number of nitrogens with zero attached hydrogens (tertiary/aromatic N) is 1. The molecule has 1 aromatic heterocycles. The van der Waals surface area contributed by atoms with Gasteiger partial charge in [-0.05, 0) is 56.6 Å². The van der Waals surface area contributed by atoms with Crippen molar-refractivity contribution in [3.63, 3.8) is 0 Å². The Morgan fingerprint density at radius 3 is 2.71 bits per heavy atom. The van der Waals surface area contributed by atoms with Gasteiger partial charge in [0, 0.05) is 17.1 Å². The van der Waals surface area contributed by atoms with Gasteiger partial charge in [0.1, 0.15) is 0 Å². The number of carbonyl (C=O) groups excluding carboxylic acids is 2. The normalized spacial score (nSPS) is 20.6. The Balaban J connectivity index is 1.61. The van der Waals surface area contributed by atoms with Crippen molar-refractivity contribution in [2.24, 2.45) is 5.92 Å². The van der Waals surface area contributed by atoms with Crippen LogP contribution in [0.2, 0.25) is 0 Å². The molecule has 1 fully saturated rings. The summed E-state index contributed by atoms with van der Waals surface area (Å²) in [5.74, 6) is -0.121. The summed E-state index contributed by atoms with van der Waals surface area (Å²) in [6.45, 7) is 3.85. The molecular formula is C23H28N2O3. The number of nitrogens with one attached hydrogen (secondary N) is 1. The lowest BCUT2D eigenvalue weighted by Crippen LogP contribution is -2.41. The molecule has 0 unspecified atom stereocenters. The summed E-state index contributed by atoms with van der Waals surface area (Å²) in [6.07, 6.45) is 6.27. The van der Waals surface area contributed by atoms with Gasteiger partial charge in [0.05, 0.1) is 11.1 Å². The molecule has 0 bridgehead atoms. The molecule has 1 amide bonds. The molecule has 5 nitrogen and oxygen atoms in total. The Kier molecular flexibility index (Phi) is 5.33. The lowest BCUT2D eigenvalue weighted by atomic mass is 9.84. The molecule has 0 radical (unpaired) electrons. The summed E-state index contributed by atoms with van der Waals surface area (Å²) in [4.78, 5) is 30.4. The quantitative estimate of drug-likeness (QED) is 0.815. The zero-order valence-corrected chi connectivity index (χ0v) is 16.7. The fourth-order valence-corrected chi connectivity index (χ4v) is 4.46. The van der Waals surface area contributed by atoms with Crippen LogP contribution in [0.4, 0.5) is 0 Å². The summed E-state index contributed by atoms with van der Waals surface area (Å²) < 4.78 is 5.64. The Bertz CT molecular complexity index is 902. The van der Waals surface area contributed by atoms with Crippen LogP contribution in [0, 0.1) is 5.92 Å². The van der Waals surface area contributed by atoms with E-state index in [0.717, 1.165) is 67.1 Å². The fraction of sp³-hybridized carbons (Fsp3) is 0.522. The van der Waals surface area contributed by atoms with E-state index >= 15 is 0 Å². The number of benzene rings is 1. The highest BCUT2D eigenvalue weighted by molar-refractivity contribution is 6.05. The number of ether oxygens (including phenoxy) is 1. The maximum atomic E-state index is 13.2. The van der Waals surface area contributed by atoms with E-state index in [-0.39, 0.29) is 11.9 Å². The molecule has 0 aliphatic heterocycles. The summed E-state index contributed by atoms with van der Waals surface area (Å²) in [5, 5.41) is 3.82. The number of fused-ring (bicyclic) bond motifs is 2. The number of carbonyl (C=O) groups is 2. The summed E-state index contributed by atoms with van der Waals surface area (Å²) in [6, 6.07) is 7.90. The molecular weight excluding hydrogens is 352 g/mol. The smallest absolute Gasteiger partial charge is 0.339 e. The summed E-state index contributed by atoms with van der Waals surface area (Å²) >= 11 is 0. The maximum Gasteiger partial charge on any atom is 0.339 e. The predicted molar refractivity (Wildman–Crippen MR) is 108 cm³/mol. The average molecular weight is 380 g/mol. The van der Waals surface area contributed by atoms with Gasteiger partial charge in [0.2, 0.25) is 0 Å². The highest BCUT2D eigenvalue weighted by Crippen LogP contribution is 2.32. The first-order chi connectivity index (χ1) is 13.5. The van der Waals surface area contributed by atoms with E-state index in [1.54, 1.807) is 6.92 Å². The van der Waals surface area contributed by atoms with Crippen LogP contribution in [0.25, 0.3) is 10.9 Å². The van der Waals surface area contributed by atoms with Crippen molar-refractivity contribution >= 4 is 22.8 Å². The lowest BCUT2D eigenvalue weighted by molar-refractivity contribution is -0.129. The number of pyridine rings is 1. The zero-order chi connectivity index (χ0) is 19.7. The fourth-order valence-electron chi connectivity index (χ4n) is 4.46. The van der Waals surface area contributed by atoms with Gasteiger partial charge in [-0.2, -0.15) is 0 Å². The molecule has 0 saturated heterocycles. The molecule has 1 N–H and O–H groups in total. The van der Waals surface area contributed by atoms with Crippen molar-refractivity contribution in [1.82, 2.24) is 10.3 Å². The maximum absolute atomic E-state index is 13.2. The number of aromatic nitrogens is 1. The predicted octanol–water partition coefficient (Wildman–Crippen LogP) is 3.96. The van der Waals surface area contributed by atoms with Gasteiger partial charge in [-0.1, -0.05) is 38.0 Å². The third-order valence-corrected chi connectivity index (χ3v) is 6.06. The van der Waals surface area contributed by atoms with Gasteiger partial charge in [0.15, 0.2) is 6.10 Å². The van der Waals surface area contributed by atoms with Crippen LogP contribution in [0.3, 0.4) is 0 Å². The molecule has 2 aliphatic rings. The minimum absolute atomic E-state index is 0.208. The minimum atomic E-state index is -0.809. The van der Waals surface area contributed by atoms with Crippen molar-refractivity contribution in [3.05, 3.63) is 41.1 Å². The SMILES string of the molecule is C[C@H]1CCc2nc3ccccc3c(C(=O)O[C@H](C)C(=O)NC3CCCC3)c2C1. The molecule has 1 aromatic carbocycles. The standard InChI is InChI=1S/C23H28N2O3/c1-14-11-12-20-18(13-14)21(17-9-5-6-10-19(17)25-20)23(27)28-15(2)22(26)24-16-7-3-4-8-16/h5-6,9-10,14-16H,3-4,7-8,11-13H2,1-2H3,(H,24,26)/t14-,15+/m0/s1. The van der Waals surface area contributed by atoms with Gasteiger partial charge < -0.3 is 10.1 Å². The average Bonchev–Trinajstić information content (AvgIpc) is 3.19. The Morgan fingerprint density at radius 2 is 1.93 bits per heavy atom. The van der Waals surface area contributed by atoms with E-state index in [9.17, 15) is 9.59 Å². The van der Waals surface area contributed by atoms with Gasteiger partial charge in [-0.3, -0.25) is 9.78 Å². The van der Waals surface area contributed by atoms with Gasteiger partial charge in [-0.15, -0.1) is 0 Å². The van der Waals surface area contributed by atoms with Gasteiger partial charge in [-0.25, -0.2) is 4.79 Å². The molecule has 2 aliphatic carbocycles. The number of hydrogen-bond donors (Lipinski definition) is 1. The first-order valence-electron chi connectivity index (χ1n) is 10.4. The summed E-state index contributed by atoms with van der Waals surface area (Å²) in [5.41, 5.74) is 3.39. The van der Waals surface area contributed by atoms with Crippen LogP contribution < -0.4 is 5.32 Å². The van der Waals surface area contributed by atoms with Crippen molar-refractivity contribution in [3.8, 4) is 0 Å². The van der Waals surface area contributed by atoms with Crippen LogP contribution in [0.1, 0.15) is 67.6 Å². The third-order valence-electron chi connectivity index (χ3n) is 6.06. The first-order valence-corrected chi connectivity index (χ1v) is 10.4. The second-order valence-corrected chi connectivity index (χ2v) is 8.31. The molecule has 5 heteroatoms. The van der Waals surface area contributed by atoms with E-state index in [2.05, 4.69) is 12.2 Å². The van der Waals surface area contributed by atoms with E-state index < -0.39 is 12.1 Å². The Morgan fingerprint density at radius 1 is 1.18 bits per heavy atom. The highest BCUT2D eigenvalue weighted by atomic mass is 16.5. The van der Waals surface area contributed by atoms with Crippen LogP contribution >= 0.6 is 0 Å². The van der Waals surface area contributed by atoms with E-state index in [4.69, 9.17) is 9.72 Å². The Labute approximate surface area is 165 Å². The molecule has 28 heavy (non-hydrogen) atoms. The highest BCUT2D eigenvalue weighted by Gasteiger charge is 2.29. The molecule has 1 heterocycles. The number of esters is 1. The third kappa shape index (κ3) is 3.75. The summed E-state index contributed by atoms with van der Waals surface area (Å²) in [7, 11) is 0. The first kappa shape index (κ1) is 18.9. The molecule has 2 aromatic rings. The Hall–Kier alpha value is -2.43. The van der Waals surface area contributed by atoms with Gasteiger partial charge in [0.25, 0.3) is 5.91 Å².